The van der Waals surface area contributed by atoms with Gasteiger partial charge < -0.3 is 4.90 Å². The van der Waals surface area contributed by atoms with Crippen LogP contribution in [-0.4, -0.2) is 41.5 Å². The van der Waals surface area contributed by atoms with Crippen LogP contribution < -0.4 is 0 Å². The highest BCUT2D eigenvalue weighted by molar-refractivity contribution is 7.92. The van der Waals surface area contributed by atoms with Crippen LogP contribution >= 0.6 is 11.3 Å². The van der Waals surface area contributed by atoms with Crippen LogP contribution in [0.4, 0.5) is 0 Å². The van der Waals surface area contributed by atoms with Gasteiger partial charge in [-0.05, 0) is 62.9 Å². The Morgan fingerprint density at radius 3 is 2.45 bits per heavy atom. The molecule has 0 aliphatic carbocycles. The fraction of sp³-hybridized carbons (Fsp3) is 0.364. The maximum Gasteiger partial charge on any atom is 0.254 e. The van der Waals surface area contributed by atoms with Crippen molar-refractivity contribution in [2.45, 2.75) is 54.8 Å². The number of carbonyl (C=O) groups excluding carboxylic acids is 1. The first-order valence-electron chi connectivity index (χ1n) is 9.92. The first kappa shape index (κ1) is 18.8. The monoisotopic (exact) mass is 426 g/mol. The van der Waals surface area contributed by atoms with E-state index < -0.39 is 15.1 Å². The molecule has 1 amide bonds. The Morgan fingerprint density at radius 1 is 1.07 bits per heavy atom. The summed E-state index contributed by atoms with van der Waals surface area (Å²) in [6.07, 6.45) is 2.78. The summed E-state index contributed by atoms with van der Waals surface area (Å²) >= 11 is 1.59. The molecule has 0 spiro atoms. The van der Waals surface area contributed by atoms with E-state index in [0.717, 1.165) is 28.1 Å². The summed E-state index contributed by atoms with van der Waals surface area (Å²) in [7, 11) is -3.37. The molecule has 2 bridgehead atoms. The SMILES string of the molecule is Cc1nc2ccc(C(=O)N3C4CCC3CC(S(=O)(=O)c3ccccc3)C4)cc2s1. The molecule has 29 heavy (non-hydrogen) atoms. The number of fused-ring (bicyclic) bond motifs is 3. The van der Waals surface area contributed by atoms with E-state index in [2.05, 4.69) is 4.98 Å². The molecule has 2 atom stereocenters. The predicted octanol–water partition coefficient (Wildman–Crippen LogP) is 4.21. The number of thiazole rings is 1. The normalized spacial score (nSPS) is 24.2. The Kier molecular flexibility index (Phi) is 4.47. The number of sulfone groups is 1. The molecule has 2 aliphatic rings. The van der Waals surface area contributed by atoms with Crippen LogP contribution in [0.3, 0.4) is 0 Å². The lowest BCUT2D eigenvalue weighted by Crippen LogP contribution is -2.49. The average Bonchev–Trinajstić information content (AvgIpc) is 3.22. The largest absolute Gasteiger partial charge is 0.333 e. The highest BCUT2D eigenvalue weighted by atomic mass is 32.2. The summed E-state index contributed by atoms with van der Waals surface area (Å²) in [6.45, 7) is 1.96. The van der Waals surface area contributed by atoms with E-state index in [1.807, 2.05) is 36.1 Å². The molecule has 2 aromatic carbocycles. The molecule has 2 aliphatic heterocycles. The van der Waals surface area contributed by atoms with Crippen molar-refractivity contribution in [2.75, 3.05) is 0 Å². The molecule has 2 unspecified atom stereocenters. The molecule has 2 fully saturated rings. The van der Waals surface area contributed by atoms with Crippen LogP contribution in [0, 0.1) is 6.92 Å². The fourth-order valence-electron chi connectivity index (χ4n) is 4.84. The number of piperidine rings is 1. The van der Waals surface area contributed by atoms with Gasteiger partial charge in [0.15, 0.2) is 9.84 Å². The third kappa shape index (κ3) is 3.16. The Bertz CT molecular complexity index is 1170. The van der Waals surface area contributed by atoms with E-state index in [1.54, 1.807) is 35.6 Å². The minimum absolute atomic E-state index is 0.0105. The zero-order valence-corrected chi connectivity index (χ0v) is 17.7. The Balaban J connectivity index is 1.40. The molecule has 2 saturated heterocycles. The summed E-state index contributed by atoms with van der Waals surface area (Å²) in [6, 6.07) is 14.3. The lowest BCUT2D eigenvalue weighted by atomic mass is 10.0. The lowest BCUT2D eigenvalue weighted by molar-refractivity contribution is 0.0598. The number of hydrogen-bond acceptors (Lipinski definition) is 5. The molecule has 7 heteroatoms. The van der Waals surface area contributed by atoms with E-state index in [4.69, 9.17) is 0 Å². The second kappa shape index (κ2) is 6.92. The second-order valence-corrected chi connectivity index (χ2v) is 11.4. The van der Waals surface area contributed by atoms with Crippen LogP contribution in [0.2, 0.25) is 0 Å². The van der Waals surface area contributed by atoms with Crippen LogP contribution in [-0.2, 0) is 9.84 Å². The highest BCUT2D eigenvalue weighted by Crippen LogP contribution is 2.40. The van der Waals surface area contributed by atoms with Crippen molar-refractivity contribution >= 4 is 37.3 Å². The van der Waals surface area contributed by atoms with Crippen LogP contribution in [0.15, 0.2) is 53.4 Å². The van der Waals surface area contributed by atoms with Crippen molar-refractivity contribution < 1.29 is 13.2 Å². The number of rotatable bonds is 3. The van der Waals surface area contributed by atoms with Crippen molar-refractivity contribution in [1.29, 1.82) is 0 Å². The number of carbonyl (C=O) groups is 1. The van der Waals surface area contributed by atoms with Gasteiger partial charge >= 0.3 is 0 Å². The molecule has 150 valence electrons. The molecule has 3 heterocycles. The van der Waals surface area contributed by atoms with E-state index in [0.29, 0.717) is 23.3 Å². The minimum Gasteiger partial charge on any atom is -0.333 e. The van der Waals surface area contributed by atoms with Gasteiger partial charge in [-0.25, -0.2) is 13.4 Å². The molecule has 5 rings (SSSR count). The van der Waals surface area contributed by atoms with E-state index in [1.165, 1.54) is 0 Å². The zero-order chi connectivity index (χ0) is 20.2. The summed E-state index contributed by atoms with van der Waals surface area (Å²) in [5.74, 6) is 0.0148. The number of aryl methyl sites for hydroxylation is 1. The fourth-order valence-corrected chi connectivity index (χ4v) is 7.58. The van der Waals surface area contributed by atoms with Crippen molar-refractivity contribution in [3.63, 3.8) is 0 Å². The molecule has 0 saturated carbocycles. The molecule has 5 nitrogen and oxygen atoms in total. The number of benzene rings is 2. The van der Waals surface area contributed by atoms with Gasteiger partial charge in [-0.15, -0.1) is 11.3 Å². The van der Waals surface area contributed by atoms with Gasteiger partial charge in [-0.1, -0.05) is 18.2 Å². The maximum atomic E-state index is 13.3. The van der Waals surface area contributed by atoms with Gasteiger partial charge in [0.05, 0.1) is 25.4 Å². The van der Waals surface area contributed by atoms with Gasteiger partial charge in [0.2, 0.25) is 0 Å². The van der Waals surface area contributed by atoms with Gasteiger partial charge in [0, 0.05) is 17.6 Å². The smallest absolute Gasteiger partial charge is 0.254 e. The van der Waals surface area contributed by atoms with Crippen molar-refractivity contribution in [2.24, 2.45) is 0 Å². The number of nitrogens with zero attached hydrogens (tertiary/aromatic N) is 2. The standard InChI is InChI=1S/C22H22N2O3S2/c1-14-23-20-10-7-15(11-21(20)28-14)22(25)24-16-8-9-17(24)13-19(12-16)29(26,27)18-5-3-2-4-6-18/h2-7,10-11,16-17,19H,8-9,12-13H2,1H3. The van der Waals surface area contributed by atoms with E-state index in [-0.39, 0.29) is 18.0 Å². The predicted molar refractivity (Wildman–Crippen MR) is 114 cm³/mol. The average molecular weight is 427 g/mol. The number of hydrogen-bond donors (Lipinski definition) is 0. The summed E-state index contributed by atoms with van der Waals surface area (Å²) < 4.78 is 27.2. The van der Waals surface area contributed by atoms with E-state index >= 15 is 0 Å². The maximum absolute atomic E-state index is 13.3. The molecule has 0 N–H and O–H groups in total. The Labute approximate surface area is 174 Å². The van der Waals surface area contributed by atoms with Crippen molar-refractivity contribution in [3.05, 3.63) is 59.1 Å². The third-order valence-electron chi connectivity index (χ3n) is 6.18. The summed E-state index contributed by atoms with van der Waals surface area (Å²) in [4.78, 5) is 20.1. The van der Waals surface area contributed by atoms with Crippen molar-refractivity contribution in [1.82, 2.24) is 9.88 Å². The van der Waals surface area contributed by atoms with Gasteiger partial charge in [-0.3, -0.25) is 4.79 Å². The van der Waals surface area contributed by atoms with Crippen LogP contribution in [0.25, 0.3) is 10.2 Å². The molecule has 1 aromatic heterocycles. The number of amides is 1. The van der Waals surface area contributed by atoms with Crippen LogP contribution in [0.5, 0.6) is 0 Å². The van der Waals surface area contributed by atoms with Crippen LogP contribution in [0.1, 0.15) is 41.0 Å². The minimum atomic E-state index is -3.37. The summed E-state index contributed by atoms with van der Waals surface area (Å²) in [5, 5.41) is 0.565. The first-order valence-corrected chi connectivity index (χ1v) is 12.3. The third-order valence-corrected chi connectivity index (χ3v) is 9.30. The Hall–Kier alpha value is -2.25. The zero-order valence-electron chi connectivity index (χ0n) is 16.1. The van der Waals surface area contributed by atoms with E-state index in [9.17, 15) is 13.2 Å². The molecular formula is C22H22N2O3S2. The Morgan fingerprint density at radius 2 is 1.76 bits per heavy atom. The number of aromatic nitrogens is 1. The lowest BCUT2D eigenvalue weighted by Gasteiger charge is -2.38. The highest BCUT2D eigenvalue weighted by Gasteiger charge is 2.47. The van der Waals surface area contributed by atoms with Gasteiger partial charge in [-0.2, -0.15) is 0 Å². The second-order valence-electron chi connectivity index (χ2n) is 7.96. The quantitative estimate of drug-likeness (QED) is 0.629. The topological polar surface area (TPSA) is 67.3 Å². The summed E-state index contributed by atoms with van der Waals surface area (Å²) in [5.41, 5.74) is 1.59. The van der Waals surface area contributed by atoms with Gasteiger partial charge in [0.1, 0.15) is 0 Å². The molecule has 3 aromatic rings. The first-order chi connectivity index (χ1) is 13.9. The van der Waals surface area contributed by atoms with Crippen molar-refractivity contribution in [3.8, 4) is 0 Å². The molecule has 0 radical (unpaired) electrons. The molecular weight excluding hydrogens is 404 g/mol. The van der Waals surface area contributed by atoms with Gasteiger partial charge in [0.25, 0.3) is 5.91 Å².